The van der Waals surface area contributed by atoms with Crippen LogP contribution in [-0.4, -0.2) is 48.2 Å². The Hall–Kier alpha value is -2.81. The summed E-state index contributed by atoms with van der Waals surface area (Å²) < 4.78 is 9.58. The van der Waals surface area contributed by atoms with Gasteiger partial charge in [-0.15, -0.1) is 0 Å². The Kier molecular flexibility index (Phi) is 5.59. The number of imide groups is 1. The van der Waals surface area contributed by atoms with Gasteiger partial charge >= 0.3 is 5.97 Å². The maximum atomic E-state index is 12.1. The third-order valence-electron chi connectivity index (χ3n) is 2.95. The van der Waals surface area contributed by atoms with Gasteiger partial charge in [-0.25, -0.2) is 0 Å². The molecule has 1 aromatic carbocycles. The Morgan fingerprint density at radius 3 is 2.50 bits per heavy atom. The van der Waals surface area contributed by atoms with E-state index in [-0.39, 0.29) is 11.5 Å². The molecule has 1 aliphatic heterocycles. The number of ether oxygens (including phenoxy) is 2. The fourth-order valence-electron chi connectivity index (χ4n) is 1.80. The molecule has 126 valence electrons. The van der Waals surface area contributed by atoms with E-state index in [1.54, 1.807) is 24.3 Å². The molecule has 8 nitrogen and oxygen atoms in total. The Bertz CT molecular complexity index is 713. The van der Waals surface area contributed by atoms with Crippen molar-refractivity contribution in [2.75, 3.05) is 20.3 Å². The number of esters is 1. The predicted octanol–water partition coefficient (Wildman–Crippen LogP) is 0.760. The molecule has 0 radical (unpaired) electrons. The average Bonchev–Trinajstić information content (AvgIpc) is 2.81. The standard InChI is InChI=1S/C15H14N2O6S/c1-22-13(19)7-17-14(20)11(24-15(17)21)6-9-2-4-10(5-3-9)23-8-12(16)18/h2-6H,7-8H2,1H3,(H2,16,18)/b11-6+. The summed E-state index contributed by atoms with van der Waals surface area (Å²) in [6.45, 7) is -0.649. The van der Waals surface area contributed by atoms with Crippen LogP contribution in [0.2, 0.25) is 0 Å². The van der Waals surface area contributed by atoms with Crippen LogP contribution in [0, 0.1) is 0 Å². The van der Waals surface area contributed by atoms with E-state index in [1.807, 2.05) is 0 Å². The van der Waals surface area contributed by atoms with Crippen LogP contribution in [0.1, 0.15) is 5.56 Å². The van der Waals surface area contributed by atoms with Gasteiger partial charge in [-0.1, -0.05) is 12.1 Å². The van der Waals surface area contributed by atoms with Gasteiger partial charge in [0, 0.05) is 0 Å². The highest BCUT2D eigenvalue weighted by Crippen LogP contribution is 2.32. The summed E-state index contributed by atoms with van der Waals surface area (Å²) >= 11 is 0.746. The van der Waals surface area contributed by atoms with E-state index in [9.17, 15) is 19.2 Å². The molecule has 1 fully saturated rings. The second kappa shape index (κ2) is 7.64. The molecule has 2 N–H and O–H groups in total. The van der Waals surface area contributed by atoms with Crippen LogP contribution in [-0.2, 0) is 19.1 Å². The van der Waals surface area contributed by atoms with Crippen molar-refractivity contribution in [2.24, 2.45) is 5.73 Å². The van der Waals surface area contributed by atoms with Crippen molar-refractivity contribution < 1.29 is 28.7 Å². The van der Waals surface area contributed by atoms with Crippen LogP contribution in [0.25, 0.3) is 6.08 Å². The first-order valence-corrected chi connectivity index (χ1v) is 7.55. The number of primary amides is 1. The van der Waals surface area contributed by atoms with Crippen LogP contribution in [0.4, 0.5) is 4.79 Å². The number of amides is 3. The van der Waals surface area contributed by atoms with E-state index >= 15 is 0 Å². The number of rotatable bonds is 6. The maximum absolute atomic E-state index is 12.1. The molecule has 1 saturated heterocycles. The molecule has 0 spiro atoms. The smallest absolute Gasteiger partial charge is 0.325 e. The van der Waals surface area contributed by atoms with Gasteiger partial charge in [0.25, 0.3) is 17.1 Å². The molecule has 0 aliphatic carbocycles. The maximum Gasteiger partial charge on any atom is 0.325 e. The van der Waals surface area contributed by atoms with Gasteiger partial charge < -0.3 is 15.2 Å². The van der Waals surface area contributed by atoms with Crippen molar-refractivity contribution in [1.29, 1.82) is 0 Å². The predicted molar refractivity (Wildman–Crippen MR) is 85.8 cm³/mol. The molecular formula is C15H14N2O6S. The van der Waals surface area contributed by atoms with Crippen molar-refractivity contribution in [3.8, 4) is 5.75 Å². The van der Waals surface area contributed by atoms with Crippen molar-refractivity contribution >= 4 is 40.9 Å². The minimum atomic E-state index is -0.672. The highest BCUT2D eigenvalue weighted by molar-refractivity contribution is 8.18. The zero-order valence-electron chi connectivity index (χ0n) is 12.7. The van der Waals surface area contributed by atoms with Crippen molar-refractivity contribution in [1.82, 2.24) is 4.90 Å². The Labute approximate surface area is 141 Å². The number of carbonyl (C=O) groups excluding carboxylic acids is 4. The average molecular weight is 350 g/mol. The molecule has 1 aromatic rings. The van der Waals surface area contributed by atoms with Crippen molar-refractivity contribution in [2.45, 2.75) is 0 Å². The van der Waals surface area contributed by atoms with E-state index in [2.05, 4.69) is 4.74 Å². The van der Waals surface area contributed by atoms with Crippen LogP contribution in [0.15, 0.2) is 29.2 Å². The monoisotopic (exact) mass is 350 g/mol. The van der Waals surface area contributed by atoms with Crippen molar-refractivity contribution in [3.63, 3.8) is 0 Å². The molecular weight excluding hydrogens is 336 g/mol. The lowest BCUT2D eigenvalue weighted by Gasteiger charge is -2.09. The number of benzene rings is 1. The Balaban J connectivity index is 2.08. The number of nitrogens with zero attached hydrogens (tertiary/aromatic N) is 1. The van der Waals surface area contributed by atoms with E-state index in [4.69, 9.17) is 10.5 Å². The summed E-state index contributed by atoms with van der Waals surface area (Å²) in [7, 11) is 1.18. The number of methoxy groups -OCH3 is 1. The van der Waals surface area contributed by atoms with Gasteiger partial charge in [0.15, 0.2) is 6.61 Å². The highest BCUT2D eigenvalue weighted by atomic mass is 32.2. The minimum Gasteiger partial charge on any atom is -0.484 e. The molecule has 3 amide bonds. The number of carbonyl (C=O) groups is 4. The summed E-state index contributed by atoms with van der Waals surface area (Å²) in [5.41, 5.74) is 5.64. The van der Waals surface area contributed by atoms with Gasteiger partial charge in [0.1, 0.15) is 12.3 Å². The summed E-state index contributed by atoms with van der Waals surface area (Å²) in [5, 5.41) is -0.530. The largest absolute Gasteiger partial charge is 0.484 e. The number of thioether (sulfide) groups is 1. The van der Waals surface area contributed by atoms with Crippen LogP contribution in [0.3, 0.4) is 0 Å². The van der Waals surface area contributed by atoms with Gasteiger partial charge in [-0.2, -0.15) is 0 Å². The van der Waals surface area contributed by atoms with Gasteiger partial charge in [-0.05, 0) is 35.5 Å². The first-order valence-electron chi connectivity index (χ1n) is 6.74. The molecule has 1 aliphatic rings. The SMILES string of the molecule is COC(=O)CN1C(=O)S/C(=C/c2ccc(OCC(N)=O)cc2)C1=O. The third-order valence-corrected chi connectivity index (χ3v) is 3.85. The molecule has 1 heterocycles. The highest BCUT2D eigenvalue weighted by Gasteiger charge is 2.36. The van der Waals surface area contributed by atoms with E-state index in [1.165, 1.54) is 13.2 Å². The summed E-state index contributed by atoms with van der Waals surface area (Å²) in [6, 6.07) is 6.52. The fraction of sp³-hybridized carbons (Fsp3) is 0.200. The number of nitrogens with two attached hydrogens (primary N) is 1. The topological polar surface area (TPSA) is 116 Å². The summed E-state index contributed by atoms with van der Waals surface area (Å²) in [4.78, 5) is 46.8. The normalized spacial score (nSPS) is 15.7. The Morgan fingerprint density at radius 1 is 1.25 bits per heavy atom. The summed E-state index contributed by atoms with van der Waals surface area (Å²) in [5.74, 6) is -1.36. The first kappa shape index (κ1) is 17.5. The third kappa shape index (κ3) is 4.35. The second-order valence-electron chi connectivity index (χ2n) is 4.67. The lowest BCUT2D eigenvalue weighted by molar-refractivity contribution is -0.143. The van der Waals surface area contributed by atoms with Crippen molar-refractivity contribution in [3.05, 3.63) is 34.7 Å². The molecule has 0 aromatic heterocycles. The van der Waals surface area contributed by atoms with E-state index < -0.39 is 29.6 Å². The van der Waals surface area contributed by atoms with Crippen LogP contribution >= 0.6 is 11.8 Å². The minimum absolute atomic E-state index is 0.203. The molecule has 24 heavy (non-hydrogen) atoms. The van der Waals surface area contributed by atoms with Crippen LogP contribution < -0.4 is 10.5 Å². The Morgan fingerprint density at radius 2 is 1.92 bits per heavy atom. The van der Waals surface area contributed by atoms with Gasteiger partial charge in [0.05, 0.1) is 12.0 Å². The summed E-state index contributed by atoms with van der Waals surface area (Å²) in [6.07, 6.45) is 1.53. The number of hydrogen-bond acceptors (Lipinski definition) is 7. The quantitative estimate of drug-likeness (QED) is 0.595. The second-order valence-corrected chi connectivity index (χ2v) is 5.66. The first-order chi connectivity index (χ1) is 11.4. The van der Waals surface area contributed by atoms with Crippen LogP contribution in [0.5, 0.6) is 5.75 Å². The lowest BCUT2D eigenvalue weighted by atomic mass is 10.2. The molecule has 0 atom stereocenters. The molecule has 0 saturated carbocycles. The molecule has 0 bridgehead atoms. The van der Waals surface area contributed by atoms with Gasteiger partial charge in [-0.3, -0.25) is 24.1 Å². The number of hydrogen-bond donors (Lipinski definition) is 1. The fourth-order valence-corrected chi connectivity index (χ4v) is 2.63. The van der Waals surface area contributed by atoms with E-state index in [0.29, 0.717) is 11.3 Å². The van der Waals surface area contributed by atoms with E-state index in [0.717, 1.165) is 16.7 Å². The van der Waals surface area contributed by atoms with Gasteiger partial charge in [0.2, 0.25) is 0 Å². The molecule has 2 rings (SSSR count). The molecule has 0 unspecified atom stereocenters. The zero-order chi connectivity index (χ0) is 17.7. The lowest BCUT2D eigenvalue weighted by Crippen LogP contribution is -2.34. The zero-order valence-corrected chi connectivity index (χ0v) is 13.5. The molecule has 9 heteroatoms.